The van der Waals surface area contributed by atoms with Gasteiger partial charge in [-0.3, -0.25) is 9.82 Å². The normalized spacial score (nSPS) is 18.6. The van der Waals surface area contributed by atoms with Gasteiger partial charge in [0.2, 0.25) is 0 Å². The van der Waals surface area contributed by atoms with E-state index < -0.39 is 10.0 Å². The van der Waals surface area contributed by atoms with Crippen molar-refractivity contribution in [2.45, 2.75) is 23.3 Å². The van der Waals surface area contributed by atoms with Gasteiger partial charge in [-0.05, 0) is 68.9 Å². The number of rotatable bonds is 7. The quantitative estimate of drug-likeness (QED) is 0.278. The van der Waals surface area contributed by atoms with Crippen LogP contribution >= 0.6 is 11.3 Å². The Hall–Kier alpha value is -3.45. The van der Waals surface area contributed by atoms with Gasteiger partial charge in [0.15, 0.2) is 5.82 Å². The van der Waals surface area contributed by atoms with Crippen LogP contribution in [0, 0.1) is 0 Å². The number of H-pyrrole nitrogens is 2. The first kappa shape index (κ1) is 24.9. The van der Waals surface area contributed by atoms with Crippen LogP contribution in [0.25, 0.3) is 33.5 Å². The van der Waals surface area contributed by atoms with E-state index in [0.29, 0.717) is 23.8 Å². The fraction of sp³-hybridized carbons (Fsp3) is 0.308. The van der Waals surface area contributed by atoms with E-state index in [9.17, 15) is 8.42 Å². The monoisotopic (exact) mass is 551 g/mol. The molecular weight excluding hydrogens is 522 g/mol. The Labute approximate surface area is 224 Å². The van der Waals surface area contributed by atoms with Crippen molar-refractivity contribution in [2.24, 2.45) is 0 Å². The molecule has 4 heterocycles. The van der Waals surface area contributed by atoms with Crippen molar-refractivity contribution in [3.05, 3.63) is 53.9 Å². The summed E-state index contributed by atoms with van der Waals surface area (Å²) < 4.78 is 34.4. The molecule has 2 aromatic carbocycles. The Morgan fingerprint density at radius 1 is 1.18 bits per heavy atom. The molecule has 2 atom stereocenters. The lowest BCUT2D eigenvalue weighted by molar-refractivity contribution is 0.00880. The van der Waals surface area contributed by atoms with Crippen molar-refractivity contribution in [3.8, 4) is 11.5 Å². The second-order valence-corrected chi connectivity index (χ2v) is 12.7. The summed E-state index contributed by atoms with van der Waals surface area (Å²) in [7, 11) is 0.467. The second kappa shape index (κ2) is 9.70. The van der Waals surface area contributed by atoms with E-state index in [0.717, 1.165) is 40.7 Å². The summed E-state index contributed by atoms with van der Waals surface area (Å²) in [6, 6.07) is 15.1. The standard InChI is InChI=1S/C26H29N7O3S2/c1-16-15-36-19(13-32(2)3)14-33(16)18-7-9-22-23(12-18)28-26(27-22)25-20-11-17(6-8-21(20)29-30-25)31-38(34,35)24-5-4-10-37-24/h4-12,16,19,31H,13-15H2,1-3H3,(H,27,28)(H,29,30). The van der Waals surface area contributed by atoms with Crippen LogP contribution in [-0.2, 0) is 14.8 Å². The Morgan fingerprint density at radius 3 is 2.84 bits per heavy atom. The Kier molecular flexibility index (Phi) is 6.34. The van der Waals surface area contributed by atoms with E-state index in [1.54, 1.807) is 29.6 Å². The van der Waals surface area contributed by atoms with Gasteiger partial charge >= 0.3 is 0 Å². The topological polar surface area (TPSA) is 119 Å². The summed E-state index contributed by atoms with van der Waals surface area (Å²) in [5.41, 5.74) is 4.73. The SMILES string of the molecule is CC1COC(CN(C)C)CN1c1ccc2nc(-c3n[nH]c4ccc(NS(=O)(=O)c5cccs5)cc34)[nH]c2c1. The summed E-state index contributed by atoms with van der Waals surface area (Å²) in [5.74, 6) is 0.613. The first-order chi connectivity index (χ1) is 18.3. The minimum atomic E-state index is -3.65. The zero-order valence-corrected chi connectivity index (χ0v) is 22.9. The van der Waals surface area contributed by atoms with Gasteiger partial charge in [0.05, 0.1) is 29.3 Å². The van der Waals surface area contributed by atoms with E-state index in [1.807, 2.05) is 12.1 Å². The van der Waals surface area contributed by atoms with Crippen LogP contribution in [0.15, 0.2) is 58.1 Å². The number of sulfonamides is 1. The number of nitrogens with one attached hydrogen (secondary N) is 3. The number of aromatic nitrogens is 4. The molecule has 1 fully saturated rings. The van der Waals surface area contributed by atoms with Crippen LogP contribution in [0.1, 0.15) is 6.92 Å². The number of fused-ring (bicyclic) bond motifs is 2. The molecule has 1 aliphatic heterocycles. The van der Waals surface area contributed by atoms with Crippen molar-refractivity contribution < 1.29 is 13.2 Å². The molecule has 0 amide bonds. The van der Waals surface area contributed by atoms with Crippen LogP contribution in [0.5, 0.6) is 0 Å². The molecule has 0 aliphatic carbocycles. The smallest absolute Gasteiger partial charge is 0.271 e. The molecule has 0 bridgehead atoms. The van der Waals surface area contributed by atoms with Gasteiger partial charge in [-0.1, -0.05) is 6.07 Å². The zero-order valence-electron chi connectivity index (χ0n) is 21.3. The Balaban J connectivity index is 1.30. The molecule has 2 unspecified atom stereocenters. The first-order valence-electron chi connectivity index (χ1n) is 12.3. The minimum absolute atomic E-state index is 0.149. The number of anilines is 2. The van der Waals surface area contributed by atoms with Crippen LogP contribution in [0.2, 0.25) is 0 Å². The number of benzene rings is 2. The van der Waals surface area contributed by atoms with Crippen LogP contribution < -0.4 is 9.62 Å². The number of imidazole rings is 1. The fourth-order valence-corrected chi connectivity index (χ4v) is 6.91. The second-order valence-electron chi connectivity index (χ2n) is 9.88. The van der Waals surface area contributed by atoms with Gasteiger partial charge in [-0.2, -0.15) is 5.10 Å². The lowest BCUT2D eigenvalue weighted by Crippen LogP contribution is -2.51. The van der Waals surface area contributed by atoms with Crippen LogP contribution in [0.3, 0.4) is 0 Å². The molecule has 0 radical (unpaired) electrons. The number of morpholine rings is 1. The highest BCUT2D eigenvalue weighted by atomic mass is 32.2. The van der Waals surface area contributed by atoms with E-state index in [1.165, 1.54) is 11.3 Å². The minimum Gasteiger partial charge on any atom is -0.373 e. The van der Waals surface area contributed by atoms with Crippen molar-refractivity contribution >= 4 is 54.7 Å². The van der Waals surface area contributed by atoms with Gasteiger partial charge in [0, 0.05) is 35.9 Å². The molecule has 0 spiro atoms. The van der Waals surface area contributed by atoms with Gasteiger partial charge in [0.1, 0.15) is 9.90 Å². The van der Waals surface area contributed by atoms with Crippen molar-refractivity contribution in [2.75, 3.05) is 43.4 Å². The van der Waals surface area contributed by atoms with Crippen LogP contribution in [0.4, 0.5) is 11.4 Å². The molecule has 3 N–H and O–H groups in total. The number of ether oxygens (including phenoxy) is 1. The number of hydrogen-bond acceptors (Lipinski definition) is 8. The highest BCUT2D eigenvalue weighted by Gasteiger charge is 2.27. The highest BCUT2D eigenvalue weighted by molar-refractivity contribution is 7.94. The molecule has 10 nitrogen and oxygen atoms in total. The molecule has 38 heavy (non-hydrogen) atoms. The number of thiophene rings is 1. The van der Waals surface area contributed by atoms with Gasteiger partial charge in [0.25, 0.3) is 10.0 Å². The summed E-state index contributed by atoms with van der Waals surface area (Å²) in [6.45, 7) is 4.55. The van der Waals surface area contributed by atoms with Crippen molar-refractivity contribution in [1.29, 1.82) is 0 Å². The van der Waals surface area contributed by atoms with Crippen LogP contribution in [-0.4, -0.2) is 79.4 Å². The number of hydrogen-bond donors (Lipinski definition) is 3. The van der Waals surface area contributed by atoms with Gasteiger partial charge in [-0.15, -0.1) is 11.3 Å². The van der Waals surface area contributed by atoms with E-state index in [-0.39, 0.29) is 16.4 Å². The first-order valence-corrected chi connectivity index (χ1v) is 14.7. The molecule has 6 rings (SSSR count). The van der Waals surface area contributed by atoms with Gasteiger partial charge < -0.3 is 19.5 Å². The number of nitrogens with zero attached hydrogens (tertiary/aromatic N) is 4. The molecule has 12 heteroatoms. The molecule has 1 aliphatic rings. The molecular formula is C26H29N7O3S2. The summed E-state index contributed by atoms with van der Waals surface area (Å²) in [5, 5.41) is 10.0. The largest absolute Gasteiger partial charge is 0.373 e. The third kappa shape index (κ3) is 4.75. The molecule has 1 saturated heterocycles. The predicted molar refractivity (Wildman–Crippen MR) is 151 cm³/mol. The summed E-state index contributed by atoms with van der Waals surface area (Å²) in [6.07, 6.45) is 0.149. The summed E-state index contributed by atoms with van der Waals surface area (Å²) in [4.78, 5) is 12.7. The highest BCUT2D eigenvalue weighted by Crippen LogP contribution is 2.31. The fourth-order valence-electron chi connectivity index (χ4n) is 4.86. The maximum absolute atomic E-state index is 12.7. The number of likely N-dealkylation sites (N-methyl/N-ethyl adjacent to an activating group) is 1. The van der Waals surface area contributed by atoms with Crippen molar-refractivity contribution in [3.63, 3.8) is 0 Å². The molecule has 0 saturated carbocycles. The van der Waals surface area contributed by atoms with Gasteiger partial charge in [-0.25, -0.2) is 13.4 Å². The molecule has 198 valence electrons. The Morgan fingerprint density at radius 2 is 2.05 bits per heavy atom. The summed E-state index contributed by atoms with van der Waals surface area (Å²) >= 11 is 1.17. The lowest BCUT2D eigenvalue weighted by atomic mass is 10.1. The van der Waals surface area contributed by atoms with E-state index >= 15 is 0 Å². The predicted octanol–water partition coefficient (Wildman–Crippen LogP) is 4.12. The van der Waals surface area contributed by atoms with Crippen molar-refractivity contribution in [1.82, 2.24) is 25.1 Å². The average Bonchev–Trinajstić information content (AvgIpc) is 3.63. The molecule has 5 aromatic rings. The third-order valence-corrected chi connectivity index (χ3v) is 9.45. The lowest BCUT2D eigenvalue weighted by Gasteiger charge is -2.40. The van der Waals surface area contributed by atoms with E-state index in [2.05, 4.69) is 62.9 Å². The average molecular weight is 552 g/mol. The molecule has 3 aromatic heterocycles. The maximum Gasteiger partial charge on any atom is 0.271 e. The Bertz CT molecular complexity index is 1690. The number of aromatic amines is 2. The maximum atomic E-state index is 12.7. The van der Waals surface area contributed by atoms with E-state index in [4.69, 9.17) is 9.72 Å². The third-order valence-electron chi connectivity index (χ3n) is 6.67. The zero-order chi connectivity index (χ0) is 26.4.